The number of carbonyl (C=O) groups is 1. The Balaban J connectivity index is 2.25. The summed E-state index contributed by atoms with van der Waals surface area (Å²) < 4.78 is 13.4. The van der Waals surface area contributed by atoms with Crippen molar-refractivity contribution < 1.29 is 9.18 Å². The van der Waals surface area contributed by atoms with Crippen LogP contribution in [0.1, 0.15) is 21.6 Å². The molecule has 0 spiro atoms. The zero-order valence-corrected chi connectivity index (χ0v) is 11.4. The van der Waals surface area contributed by atoms with Crippen LogP contribution < -0.4 is 0 Å². The fraction of sp³-hybridized carbons (Fsp3) is 0.143. The summed E-state index contributed by atoms with van der Waals surface area (Å²) in [5.41, 5.74) is 2.20. The van der Waals surface area contributed by atoms with E-state index in [0.29, 0.717) is 10.0 Å². The molecule has 0 saturated heterocycles. The van der Waals surface area contributed by atoms with E-state index in [9.17, 15) is 9.18 Å². The zero-order valence-electron chi connectivity index (χ0n) is 9.78. The molecule has 0 atom stereocenters. The van der Waals surface area contributed by atoms with Gasteiger partial charge in [-0.05, 0) is 52.7 Å². The third-order valence-electron chi connectivity index (χ3n) is 2.68. The predicted octanol–water partition coefficient (Wildman–Crippen LogP) is 3.72. The van der Waals surface area contributed by atoms with Crippen molar-refractivity contribution in [3.05, 3.63) is 63.6 Å². The van der Waals surface area contributed by atoms with E-state index in [1.807, 2.05) is 19.1 Å². The number of benzene rings is 1. The number of hydrogen-bond donors (Lipinski definition) is 0. The maximum absolute atomic E-state index is 12.9. The average molecular weight is 308 g/mol. The summed E-state index contributed by atoms with van der Waals surface area (Å²) in [6.45, 7) is 1.91. The van der Waals surface area contributed by atoms with Gasteiger partial charge in [-0.1, -0.05) is 6.07 Å². The maximum Gasteiger partial charge on any atom is 0.169 e. The Hall–Kier alpha value is -1.55. The van der Waals surface area contributed by atoms with Crippen LogP contribution in [0.3, 0.4) is 0 Å². The first-order valence-corrected chi connectivity index (χ1v) is 6.26. The number of hydrogen-bond acceptors (Lipinski definition) is 2. The third kappa shape index (κ3) is 2.82. The molecule has 1 aromatic carbocycles. The summed E-state index contributed by atoms with van der Waals surface area (Å²) in [5, 5.41) is 0. The number of pyridine rings is 1. The summed E-state index contributed by atoms with van der Waals surface area (Å²) >= 11 is 3.20. The lowest BCUT2D eigenvalue weighted by atomic mass is 10.0. The Morgan fingerprint density at radius 1 is 1.39 bits per heavy atom. The average Bonchev–Trinajstić information content (AvgIpc) is 2.32. The monoisotopic (exact) mass is 307 g/mol. The first kappa shape index (κ1) is 12.9. The van der Waals surface area contributed by atoms with Crippen LogP contribution in [-0.4, -0.2) is 10.8 Å². The predicted molar refractivity (Wildman–Crippen MR) is 71.1 cm³/mol. The quantitative estimate of drug-likeness (QED) is 0.809. The normalized spacial score (nSPS) is 10.4. The van der Waals surface area contributed by atoms with Gasteiger partial charge in [0.1, 0.15) is 5.82 Å². The van der Waals surface area contributed by atoms with Crippen molar-refractivity contribution in [1.29, 1.82) is 0 Å². The van der Waals surface area contributed by atoms with Crippen molar-refractivity contribution in [2.75, 3.05) is 0 Å². The van der Waals surface area contributed by atoms with Crippen LogP contribution in [0.4, 0.5) is 4.39 Å². The second-order valence-corrected chi connectivity index (χ2v) is 4.85. The van der Waals surface area contributed by atoms with E-state index in [-0.39, 0.29) is 18.0 Å². The van der Waals surface area contributed by atoms with Crippen LogP contribution in [0.5, 0.6) is 0 Å². The zero-order chi connectivity index (χ0) is 13.1. The molecule has 4 heteroatoms. The van der Waals surface area contributed by atoms with Gasteiger partial charge in [0.05, 0.1) is 12.1 Å². The highest BCUT2D eigenvalue weighted by Gasteiger charge is 2.13. The van der Waals surface area contributed by atoms with Gasteiger partial charge in [-0.15, -0.1) is 0 Å². The summed E-state index contributed by atoms with van der Waals surface area (Å²) in [6.07, 6.45) is 1.88. The van der Waals surface area contributed by atoms with Gasteiger partial charge in [0, 0.05) is 16.2 Å². The molecule has 0 radical (unpaired) electrons. The van der Waals surface area contributed by atoms with Gasteiger partial charge in [0.2, 0.25) is 0 Å². The van der Waals surface area contributed by atoms with Crippen LogP contribution in [0, 0.1) is 12.7 Å². The molecule has 2 rings (SSSR count). The van der Waals surface area contributed by atoms with Gasteiger partial charge in [-0.25, -0.2) is 4.39 Å². The highest BCUT2D eigenvalue weighted by molar-refractivity contribution is 9.10. The second kappa shape index (κ2) is 5.40. The Morgan fingerprint density at radius 3 is 2.83 bits per heavy atom. The minimum atomic E-state index is -0.368. The number of ketones is 1. The lowest BCUT2D eigenvalue weighted by Gasteiger charge is -2.05. The van der Waals surface area contributed by atoms with Crippen LogP contribution in [-0.2, 0) is 6.42 Å². The van der Waals surface area contributed by atoms with E-state index < -0.39 is 0 Å². The number of rotatable bonds is 3. The number of nitrogens with zero attached hydrogens (tertiary/aromatic N) is 1. The van der Waals surface area contributed by atoms with Crippen molar-refractivity contribution in [3.63, 3.8) is 0 Å². The van der Waals surface area contributed by atoms with Crippen LogP contribution in [0.25, 0.3) is 0 Å². The molecule has 0 fully saturated rings. The van der Waals surface area contributed by atoms with Crippen LogP contribution in [0.15, 0.2) is 41.0 Å². The fourth-order valence-corrected chi connectivity index (χ4v) is 2.24. The summed E-state index contributed by atoms with van der Waals surface area (Å²) in [4.78, 5) is 16.3. The van der Waals surface area contributed by atoms with E-state index in [4.69, 9.17) is 0 Å². The molecular formula is C14H11BrFNO. The highest BCUT2D eigenvalue weighted by atomic mass is 79.9. The van der Waals surface area contributed by atoms with Crippen LogP contribution in [0.2, 0.25) is 0 Å². The minimum absolute atomic E-state index is 0.0799. The molecule has 0 unspecified atom stereocenters. The van der Waals surface area contributed by atoms with Gasteiger partial charge in [0.25, 0.3) is 0 Å². The number of aromatic nitrogens is 1. The molecule has 1 aromatic heterocycles. The van der Waals surface area contributed by atoms with E-state index >= 15 is 0 Å². The maximum atomic E-state index is 12.9. The molecule has 2 aromatic rings. The largest absolute Gasteiger partial charge is 0.294 e. The van der Waals surface area contributed by atoms with Gasteiger partial charge in [-0.3, -0.25) is 9.78 Å². The van der Waals surface area contributed by atoms with Gasteiger partial charge < -0.3 is 0 Å². The van der Waals surface area contributed by atoms with Crippen LogP contribution >= 0.6 is 15.9 Å². The van der Waals surface area contributed by atoms with E-state index in [1.165, 1.54) is 18.2 Å². The molecule has 92 valence electrons. The standard InChI is InChI=1S/C14H11BrFNO/c1-9-3-2-6-17-13(9)8-14(18)11-5-4-10(16)7-12(11)15/h2-7H,8H2,1H3. The highest BCUT2D eigenvalue weighted by Crippen LogP contribution is 2.20. The topological polar surface area (TPSA) is 30.0 Å². The molecule has 18 heavy (non-hydrogen) atoms. The molecule has 0 aliphatic carbocycles. The van der Waals surface area contributed by atoms with Gasteiger partial charge >= 0.3 is 0 Å². The van der Waals surface area contributed by atoms with E-state index in [0.717, 1.165) is 11.3 Å². The molecule has 0 aliphatic rings. The van der Waals surface area contributed by atoms with Crippen molar-refractivity contribution >= 4 is 21.7 Å². The van der Waals surface area contributed by atoms with Crippen molar-refractivity contribution in [2.45, 2.75) is 13.3 Å². The SMILES string of the molecule is Cc1cccnc1CC(=O)c1ccc(F)cc1Br. The molecule has 0 bridgehead atoms. The van der Waals surface area contributed by atoms with Crippen molar-refractivity contribution in [1.82, 2.24) is 4.98 Å². The first-order valence-electron chi connectivity index (χ1n) is 5.46. The summed E-state index contributed by atoms with van der Waals surface area (Å²) in [5.74, 6) is -0.448. The second-order valence-electron chi connectivity index (χ2n) is 3.99. The molecule has 0 N–H and O–H groups in total. The molecular weight excluding hydrogens is 297 g/mol. The number of aryl methyl sites for hydroxylation is 1. The van der Waals surface area contributed by atoms with E-state index in [1.54, 1.807) is 6.20 Å². The Labute approximate surface area is 113 Å². The van der Waals surface area contributed by atoms with Gasteiger partial charge in [-0.2, -0.15) is 0 Å². The fourth-order valence-electron chi connectivity index (χ4n) is 1.67. The smallest absolute Gasteiger partial charge is 0.169 e. The molecule has 0 amide bonds. The van der Waals surface area contributed by atoms with E-state index in [2.05, 4.69) is 20.9 Å². The minimum Gasteiger partial charge on any atom is -0.294 e. The first-order chi connectivity index (χ1) is 8.58. The van der Waals surface area contributed by atoms with Crippen molar-refractivity contribution in [3.8, 4) is 0 Å². The number of halogens is 2. The Morgan fingerprint density at radius 2 is 2.17 bits per heavy atom. The van der Waals surface area contributed by atoms with Crippen molar-refractivity contribution in [2.24, 2.45) is 0 Å². The molecule has 0 saturated carbocycles. The van der Waals surface area contributed by atoms with Gasteiger partial charge in [0.15, 0.2) is 5.78 Å². The lowest BCUT2D eigenvalue weighted by molar-refractivity contribution is 0.0991. The number of Topliss-reactive ketones (excluding diaryl/α,β-unsaturated/α-hetero) is 1. The summed E-state index contributed by atoms with van der Waals surface area (Å²) in [7, 11) is 0. The number of carbonyl (C=O) groups excluding carboxylic acids is 1. The summed E-state index contributed by atoms with van der Waals surface area (Å²) in [6, 6.07) is 7.80. The molecule has 2 nitrogen and oxygen atoms in total. The molecule has 1 heterocycles. The molecule has 0 aliphatic heterocycles. The third-order valence-corrected chi connectivity index (χ3v) is 3.33. The Kier molecular flexibility index (Phi) is 3.87. The Bertz CT molecular complexity index is 598. The lowest BCUT2D eigenvalue weighted by Crippen LogP contribution is -2.07.